The molecule has 0 fully saturated rings. The monoisotopic (exact) mass is 323 g/mol. The van der Waals surface area contributed by atoms with E-state index < -0.39 is 0 Å². The predicted molar refractivity (Wildman–Crippen MR) is 85.0 cm³/mol. The quantitative estimate of drug-likeness (QED) is 0.797. The molecule has 1 aliphatic rings. The van der Waals surface area contributed by atoms with Gasteiger partial charge in [0.05, 0.1) is 0 Å². The van der Waals surface area contributed by atoms with Crippen molar-refractivity contribution < 1.29 is 18.7 Å². The Hall–Kier alpha value is -3.35. The molecule has 7 nitrogen and oxygen atoms in total. The lowest BCUT2D eigenvalue weighted by Gasteiger charge is -2.01. The van der Waals surface area contributed by atoms with Crippen LogP contribution in [0.25, 0.3) is 11.5 Å². The second-order valence-corrected chi connectivity index (χ2v) is 5.30. The molecule has 0 saturated heterocycles. The van der Waals surface area contributed by atoms with Crippen LogP contribution in [0.4, 0.5) is 6.01 Å². The Kier molecular flexibility index (Phi) is 3.38. The van der Waals surface area contributed by atoms with Gasteiger partial charge in [-0.25, -0.2) is 0 Å². The summed E-state index contributed by atoms with van der Waals surface area (Å²) in [4.78, 5) is 12.1. The molecular weight excluding hydrogens is 310 g/mol. The molecule has 4 rings (SSSR count). The smallest absolute Gasteiger partial charge is 0.322 e. The first-order valence-corrected chi connectivity index (χ1v) is 7.30. The van der Waals surface area contributed by atoms with E-state index in [1.807, 2.05) is 19.1 Å². The molecule has 2 aromatic carbocycles. The maximum absolute atomic E-state index is 12.1. The fourth-order valence-electron chi connectivity index (χ4n) is 2.29. The minimum Gasteiger partial charge on any atom is -0.454 e. The molecule has 3 aromatic rings. The normalized spacial score (nSPS) is 12.2. The first kappa shape index (κ1) is 14.3. The van der Waals surface area contributed by atoms with Crippen LogP contribution < -0.4 is 14.8 Å². The van der Waals surface area contributed by atoms with E-state index in [9.17, 15) is 4.79 Å². The van der Waals surface area contributed by atoms with E-state index in [4.69, 9.17) is 13.9 Å². The summed E-state index contributed by atoms with van der Waals surface area (Å²) in [5.74, 6) is 1.27. The summed E-state index contributed by atoms with van der Waals surface area (Å²) < 4.78 is 16.1. The number of fused-ring (bicyclic) bond motifs is 1. The number of ether oxygens (including phenoxy) is 2. The number of aromatic nitrogens is 2. The molecule has 0 radical (unpaired) electrons. The Morgan fingerprint density at radius 1 is 1.04 bits per heavy atom. The third-order valence-corrected chi connectivity index (χ3v) is 3.58. The van der Waals surface area contributed by atoms with Crippen LogP contribution in [0.3, 0.4) is 0 Å². The molecule has 2 heterocycles. The molecule has 0 unspecified atom stereocenters. The van der Waals surface area contributed by atoms with Gasteiger partial charge in [-0.3, -0.25) is 10.1 Å². The van der Waals surface area contributed by atoms with Crippen LogP contribution in [0.5, 0.6) is 11.5 Å². The highest BCUT2D eigenvalue weighted by Gasteiger charge is 2.17. The molecule has 120 valence electrons. The lowest BCUT2D eigenvalue weighted by atomic mass is 10.1. The van der Waals surface area contributed by atoms with Crippen molar-refractivity contribution >= 4 is 11.9 Å². The summed E-state index contributed by atoms with van der Waals surface area (Å²) >= 11 is 0. The lowest BCUT2D eigenvalue weighted by molar-refractivity contribution is 0.102. The van der Waals surface area contributed by atoms with Crippen molar-refractivity contribution in [2.75, 3.05) is 12.1 Å². The second-order valence-electron chi connectivity index (χ2n) is 5.30. The lowest BCUT2D eigenvalue weighted by Crippen LogP contribution is -2.11. The number of anilines is 1. The maximum atomic E-state index is 12.1. The highest BCUT2D eigenvalue weighted by molar-refractivity contribution is 6.03. The van der Waals surface area contributed by atoms with E-state index in [-0.39, 0.29) is 24.6 Å². The number of nitrogens with zero attached hydrogens (tertiary/aromatic N) is 2. The molecule has 0 atom stereocenters. The van der Waals surface area contributed by atoms with Gasteiger partial charge >= 0.3 is 6.01 Å². The van der Waals surface area contributed by atoms with Crippen molar-refractivity contribution in [2.24, 2.45) is 0 Å². The minimum atomic E-state index is -0.309. The third-order valence-electron chi connectivity index (χ3n) is 3.58. The molecule has 0 aliphatic carbocycles. The van der Waals surface area contributed by atoms with Gasteiger partial charge in [0.1, 0.15) is 0 Å². The van der Waals surface area contributed by atoms with Crippen molar-refractivity contribution in [2.45, 2.75) is 6.92 Å². The topological polar surface area (TPSA) is 86.5 Å². The highest BCUT2D eigenvalue weighted by atomic mass is 16.7. The molecular formula is C17H13N3O4. The second kappa shape index (κ2) is 5.69. The summed E-state index contributed by atoms with van der Waals surface area (Å²) in [7, 11) is 0. The molecule has 7 heteroatoms. The fraction of sp³-hybridized carbons (Fsp3) is 0.118. The van der Waals surface area contributed by atoms with E-state index in [0.29, 0.717) is 22.6 Å². The minimum absolute atomic E-state index is 0.0354. The molecule has 0 saturated carbocycles. The van der Waals surface area contributed by atoms with Gasteiger partial charge in [-0.15, -0.1) is 5.10 Å². The Labute approximate surface area is 137 Å². The van der Waals surface area contributed by atoms with Crippen LogP contribution in [0.1, 0.15) is 15.9 Å². The largest absolute Gasteiger partial charge is 0.454 e. The Balaban J connectivity index is 1.52. The van der Waals surface area contributed by atoms with Crippen LogP contribution in [-0.4, -0.2) is 22.9 Å². The van der Waals surface area contributed by atoms with Gasteiger partial charge in [-0.05, 0) is 37.3 Å². The zero-order valence-corrected chi connectivity index (χ0v) is 12.8. The van der Waals surface area contributed by atoms with E-state index in [0.717, 1.165) is 5.56 Å². The summed E-state index contributed by atoms with van der Waals surface area (Å²) in [6.45, 7) is 2.15. The van der Waals surface area contributed by atoms with Crippen LogP contribution in [0.15, 0.2) is 46.9 Å². The molecule has 1 N–H and O–H groups in total. The Morgan fingerprint density at radius 2 is 1.83 bits per heavy atom. The summed E-state index contributed by atoms with van der Waals surface area (Å²) in [6.07, 6.45) is 0. The van der Waals surface area contributed by atoms with Crippen molar-refractivity contribution in [1.29, 1.82) is 0 Å². The van der Waals surface area contributed by atoms with Crippen LogP contribution >= 0.6 is 0 Å². The van der Waals surface area contributed by atoms with Crippen LogP contribution in [0, 0.1) is 6.92 Å². The van der Waals surface area contributed by atoms with Gasteiger partial charge in [-0.2, -0.15) is 0 Å². The number of hydrogen-bond acceptors (Lipinski definition) is 6. The molecule has 1 aliphatic heterocycles. The number of carbonyl (C=O) groups is 1. The standard InChI is InChI=1S/C17H13N3O4/c1-10-2-4-11(5-3-10)15(21)18-17-20-19-16(24-17)12-6-7-13-14(8-12)23-9-22-13/h2-8H,9H2,1H3,(H,18,20,21). The van der Waals surface area contributed by atoms with E-state index in [1.165, 1.54) is 0 Å². The number of benzene rings is 2. The van der Waals surface area contributed by atoms with Crippen LogP contribution in [-0.2, 0) is 0 Å². The SMILES string of the molecule is Cc1ccc(C(=O)Nc2nnc(-c3ccc4c(c3)OCO4)o2)cc1. The number of hydrogen-bond donors (Lipinski definition) is 1. The van der Waals surface area contributed by atoms with Gasteiger partial charge in [0.2, 0.25) is 12.7 Å². The Morgan fingerprint density at radius 3 is 2.67 bits per heavy atom. The summed E-state index contributed by atoms with van der Waals surface area (Å²) in [6, 6.07) is 12.5. The molecule has 1 aromatic heterocycles. The van der Waals surface area contributed by atoms with E-state index in [2.05, 4.69) is 15.5 Å². The van der Waals surface area contributed by atoms with Gasteiger partial charge in [-0.1, -0.05) is 22.8 Å². The van der Waals surface area contributed by atoms with E-state index >= 15 is 0 Å². The number of carbonyl (C=O) groups excluding carboxylic acids is 1. The number of aryl methyl sites for hydroxylation is 1. The number of amides is 1. The fourth-order valence-corrected chi connectivity index (χ4v) is 2.29. The summed E-state index contributed by atoms with van der Waals surface area (Å²) in [5.41, 5.74) is 2.28. The molecule has 24 heavy (non-hydrogen) atoms. The first-order valence-electron chi connectivity index (χ1n) is 7.30. The van der Waals surface area contributed by atoms with Crippen molar-refractivity contribution in [3.05, 3.63) is 53.6 Å². The molecule has 0 bridgehead atoms. The maximum Gasteiger partial charge on any atom is 0.322 e. The summed E-state index contributed by atoms with van der Waals surface area (Å²) in [5, 5.41) is 10.4. The highest BCUT2D eigenvalue weighted by Crippen LogP contribution is 2.35. The van der Waals surface area contributed by atoms with Gasteiger partial charge in [0.25, 0.3) is 5.91 Å². The van der Waals surface area contributed by atoms with E-state index in [1.54, 1.807) is 30.3 Å². The zero-order chi connectivity index (χ0) is 16.5. The first-order chi connectivity index (χ1) is 11.7. The molecule has 1 amide bonds. The predicted octanol–water partition coefficient (Wildman–Crippen LogP) is 3.03. The van der Waals surface area contributed by atoms with Crippen molar-refractivity contribution in [1.82, 2.24) is 10.2 Å². The average Bonchev–Trinajstić information content (AvgIpc) is 3.23. The zero-order valence-electron chi connectivity index (χ0n) is 12.8. The van der Waals surface area contributed by atoms with Crippen molar-refractivity contribution in [3.63, 3.8) is 0 Å². The van der Waals surface area contributed by atoms with Crippen LogP contribution in [0.2, 0.25) is 0 Å². The number of nitrogens with one attached hydrogen (secondary N) is 1. The molecule has 0 spiro atoms. The van der Waals surface area contributed by atoms with Gasteiger partial charge < -0.3 is 13.9 Å². The number of rotatable bonds is 3. The Bertz CT molecular complexity index is 902. The third kappa shape index (κ3) is 2.67. The van der Waals surface area contributed by atoms with Gasteiger partial charge in [0.15, 0.2) is 11.5 Å². The van der Waals surface area contributed by atoms with Crippen molar-refractivity contribution in [3.8, 4) is 23.0 Å². The average molecular weight is 323 g/mol. The van der Waals surface area contributed by atoms with Gasteiger partial charge in [0, 0.05) is 11.1 Å².